The van der Waals surface area contributed by atoms with Crippen molar-refractivity contribution in [2.45, 2.75) is 19.3 Å². The van der Waals surface area contributed by atoms with Crippen molar-refractivity contribution in [1.29, 1.82) is 0 Å². The standard InChI is InChI=1S/C8H12O/c1-2-7-3-4-8(5-7)6-9/h1,7-9H,3-6H2/t7-,8-/m0/s1. The molecule has 1 N–H and O–H groups in total. The Hall–Kier alpha value is -0.480. The number of hydrogen-bond donors (Lipinski definition) is 1. The summed E-state index contributed by atoms with van der Waals surface area (Å²) in [7, 11) is 0. The van der Waals surface area contributed by atoms with Crippen molar-refractivity contribution in [2.75, 3.05) is 6.61 Å². The molecule has 0 spiro atoms. The number of rotatable bonds is 1. The van der Waals surface area contributed by atoms with Crippen molar-refractivity contribution in [3.63, 3.8) is 0 Å². The molecule has 0 aliphatic heterocycles. The first-order chi connectivity index (χ1) is 4.36. The average molecular weight is 124 g/mol. The minimum atomic E-state index is 0.318. The molecular weight excluding hydrogens is 112 g/mol. The Morgan fingerprint density at radius 2 is 2.33 bits per heavy atom. The van der Waals surface area contributed by atoms with Crippen LogP contribution in [0.4, 0.5) is 0 Å². The minimum Gasteiger partial charge on any atom is -0.396 e. The lowest BCUT2D eigenvalue weighted by atomic mass is 10.1. The van der Waals surface area contributed by atoms with Gasteiger partial charge in [-0.1, -0.05) is 0 Å². The summed E-state index contributed by atoms with van der Waals surface area (Å²) in [6.45, 7) is 0.318. The molecule has 0 amide bonds. The molecule has 0 aromatic heterocycles. The maximum absolute atomic E-state index is 8.71. The van der Waals surface area contributed by atoms with Gasteiger partial charge in [0, 0.05) is 12.5 Å². The summed E-state index contributed by atoms with van der Waals surface area (Å²) in [5, 5.41) is 8.71. The second-order valence-electron chi connectivity index (χ2n) is 2.73. The molecule has 9 heavy (non-hydrogen) atoms. The molecule has 0 aromatic carbocycles. The van der Waals surface area contributed by atoms with E-state index in [0.717, 1.165) is 19.3 Å². The van der Waals surface area contributed by atoms with Crippen LogP contribution in [-0.2, 0) is 0 Å². The van der Waals surface area contributed by atoms with Crippen LogP contribution in [0.15, 0.2) is 0 Å². The highest BCUT2D eigenvalue weighted by Crippen LogP contribution is 2.29. The maximum atomic E-state index is 8.71. The summed E-state index contributed by atoms with van der Waals surface area (Å²) in [5.41, 5.74) is 0. The Morgan fingerprint density at radius 1 is 1.56 bits per heavy atom. The van der Waals surface area contributed by atoms with Crippen molar-refractivity contribution >= 4 is 0 Å². The van der Waals surface area contributed by atoms with Crippen molar-refractivity contribution in [3.05, 3.63) is 0 Å². The van der Waals surface area contributed by atoms with Gasteiger partial charge in [0.15, 0.2) is 0 Å². The minimum absolute atomic E-state index is 0.318. The molecule has 1 aliphatic carbocycles. The predicted molar refractivity (Wildman–Crippen MR) is 36.7 cm³/mol. The first-order valence-corrected chi connectivity index (χ1v) is 3.43. The van der Waals surface area contributed by atoms with E-state index in [1.54, 1.807) is 0 Å². The van der Waals surface area contributed by atoms with E-state index in [1.807, 2.05) is 0 Å². The smallest absolute Gasteiger partial charge is 0.0459 e. The number of hydrogen-bond acceptors (Lipinski definition) is 1. The van der Waals surface area contributed by atoms with E-state index < -0.39 is 0 Å². The molecular formula is C8H12O. The van der Waals surface area contributed by atoms with Gasteiger partial charge in [0.05, 0.1) is 0 Å². The Kier molecular flexibility index (Phi) is 2.13. The van der Waals surface area contributed by atoms with Crippen molar-refractivity contribution < 1.29 is 5.11 Å². The fourth-order valence-corrected chi connectivity index (χ4v) is 1.39. The molecule has 1 nitrogen and oxygen atoms in total. The van der Waals surface area contributed by atoms with Gasteiger partial charge in [-0.2, -0.15) is 0 Å². The second kappa shape index (κ2) is 2.89. The van der Waals surface area contributed by atoms with Crippen LogP contribution in [0.1, 0.15) is 19.3 Å². The van der Waals surface area contributed by atoms with Crippen LogP contribution in [0, 0.1) is 24.2 Å². The highest BCUT2D eigenvalue weighted by atomic mass is 16.3. The third-order valence-electron chi connectivity index (χ3n) is 2.04. The number of terminal acetylenes is 1. The van der Waals surface area contributed by atoms with E-state index in [1.165, 1.54) is 0 Å². The average Bonchev–Trinajstić information content (AvgIpc) is 2.34. The summed E-state index contributed by atoms with van der Waals surface area (Å²) in [5.74, 6) is 3.66. The lowest BCUT2D eigenvalue weighted by Gasteiger charge is -2.01. The van der Waals surface area contributed by atoms with Gasteiger partial charge in [-0.3, -0.25) is 0 Å². The first kappa shape index (κ1) is 6.64. The van der Waals surface area contributed by atoms with Gasteiger partial charge in [0.25, 0.3) is 0 Å². The molecule has 0 unspecified atom stereocenters. The SMILES string of the molecule is C#C[C@H]1CC[C@H](CO)C1. The van der Waals surface area contributed by atoms with Gasteiger partial charge in [-0.25, -0.2) is 0 Å². The van der Waals surface area contributed by atoms with Gasteiger partial charge in [-0.15, -0.1) is 12.3 Å². The zero-order valence-electron chi connectivity index (χ0n) is 5.51. The Morgan fingerprint density at radius 3 is 2.67 bits per heavy atom. The summed E-state index contributed by atoms with van der Waals surface area (Å²) in [6, 6.07) is 0. The molecule has 2 atom stereocenters. The molecule has 0 heterocycles. The molecule has 50 valence electrons. The van der Waals surface area contributed by atoms with Crippen LogP contribution in [0.2, 0.25) is 0 Å². The van der Waals surface area contributed by atoms with E-state index in [2.05, 4.69) is 5.92 Å². The lowest BCUT2D eigenvalue weighted by molar-refractivity contribution is 0.228. The largest absolute Gasteiger partial charge is 0.396 e. The molecule has 1 fully saturated rings. The highest BCUT2D eigenvalue weighted by Gasteiger charge is 2.21. The van der Waals surface area contributed by atoms with Gasteiger partial charge in [0.1, 0.15) is 0 Å². The van der Waals surface area contributed by atoms with E-state index in [4.69, 9.17) is 11.5 Å². The van der Waals surface area contributed by atoms with Crippen LogP contribution in [-0.4, -0.2) is 11.7 Å². The number of aliphatic hydroxyl groups excluding tert-OH is 1. The first-order valence-electron chi connectivity index (χ1n) is 3.43. The third kappa shape index (κ3) is 1.46. The summed E-state index contributed by atoms with van der Waals surface area (Å²) in [6.07, 6.45) is 8.48. The fourth-order valence-electron chi connectivity index (χ4n) is 1.39. The third-order valence-corrected chi connectivity index (χ3v) is 2.04. The monoisotopic (exact) mass is 124 g/mol. The molecule has 1 aliphatic rings. The molecule has 1 saturated carbocycles. The highest BCUT2D eigenvalue weighted by molar-refractivity contribution is 4.97. The van der Waals surface area contributed by atoms with Crippen LogP contribution in [0.25, 0.3) is 0 Å². The van der Waals surface area contributed by atoms with Crippen molar-refractivity contribution in [2.24, 2.45) is 11.8 Å². The zero-order valence-corrected chi connectivity index (χ0v) is 5.51. The maximum Gasteiger partial charge on any atom is 0.0459 e. The Labute approximate surface area is 56.1 Å². The van der Waals surface area contributed by atoms with E-state index in [9.17, 15) is 0 Å². The van der Waals surface area contributed by atoms with Crippen LogP contribution in [0.3, 0.4) is 0 Å². The zero-order chi connectivity index (χ0) is 6.69. The fraction of sp³-hybridized carbons (Fsp3) is 0.750. The molecule has 0 aromatic rings. The van der Waals surface area contributed by atoms with E-state index >= 15 is 0 Å². The molecule has 1 heteroatoms. The molecule has 0 radical (unpaired) electrons. The van der Waals surface area contributed by atoms with Gasteiger partial charge < -0.3 is 5.11 Å². The van der Waals surface area contributed by atoms with E-state index in [0.29, 0.717) is 18.4 Å². The topological polar surface area (TPSA) is 20.2 Å². The Balaban J connectivity index is 2.31. The van der Waals surface area contributed by atoms with Crippen LogP contribution >= 0.6 is 0 Å². The summed E-state index contributed by atoms with van der Waals surface area (Å²) < 4.78 is 0. The summed E-state index contributed by atoms with van der Waals surface area (Å²) >= 11 is 0. The lowest BCUT2D eigenvalue weighted by Crippen LogP contribution is -1.99. The van der Waals surface area contributed by atoms with Crippen molar-refractivity contribution in [3.8, 4) is 12.3 Å². The molecule has 0 bridgehead atoms. The number of aliphatic hydroxyl groups is 1. The molecule has 1 rings (SSSR count). The van der Waals surface area contributed by atoms with Gasteiger partial charge in [-0.05, 0) is 25.2 Å². The van der Waals surface area contributed by atoms with Crippen molar-refractivity contribution in [1.82, 2.24) is 0 Å². The van der Waals surface area contributed by atoms with Gasteiger partial charge in [0.2, 0.25) is 0 Å². The van der Waals surface area contributed by atoms with Gasteiger partial charge >= 0.3 is 0 Å². The van der Waals surface area contributed by atoms with E-state index in [-0.39, 0.29) is 0 Å². The quantitative estimate of drug-likeness (QED) is 0.517. The predicted octanol–water partition coefficient (Wildman–Crippen LogP) is 1.03. The normalized spacial score (nSPS) is 34.2. The molecule has 0 saturated heterocycles. The second-order valence-corrected chi connectivity index (χ2v) is 2.73. The Bertz CT molecular complexity index is 123. The van der Waals surface area contributed by atoms with Crippen LogP contribution in [0.5, 0.6) is 0 Å². The summed E-state index contributed by atoms with van der Waals surface area (Å²) in [4.78, 5) is 0. The van der Waals surface area contributed by atoms with Crippen LogP contribution < -0.4 is 0 Å².